The molecule has 2 aromatic rings. The Hall–Kier alpha value is -1.19. The van der Waals surface area contributed by atoms with Gasteiger partial charge in [0.25, 0.3) is 0 Å². The lowest BCUT2D eigenvalue weighted by atomic mass is 9.94. The largest absolute Gasteiger partial charge is 0.314 e. The van der Waals surface area contributed by atoms with Crippen LogP contribution in [0.3, 0.4) is 0 Å². The number of aryl methyl sites for hydroxylation is 2. The van der Waals surface area contributed by atoms with Crippen LogP contribution in [0, 0.1) is 27.7 Å². The van der Waals surface area contributed by atoms with Gasteiger partial charge in [0.05, 0.1) is 4.88 Å². The van der Waals surface area contributed by atoms with E-state index in [0.717, 1.165) is 11.6 Å². The molecule has 0 atom stereocenters. The van der Waals surface area contributed by atoms with E-state index in [1.807, 2.05) is 13.2 Å². The molecular formula is C15H20N2S. The van der Waals surface area contributed by atoms with Crippen molar-refractivity contribution in [2.45, 2.75) is 34.2 Å². The standard InChI is InChI=1S/C15H20N2S/c1-9-6-10(2)12(4)15(11(9)3)13-7-17-14(18-13)8-16-5/h6-7,16H,8H2,1-5H3. The van der Waals surface area contributed by atoms with Crippen LogP contribution in [0.15, 0.2) is 12.3 Å². The normalized spacial score (nSPS) is 10.9. The fraction of sp³-hybridized carbons (Fsp3) is 0.400. The summed E-state index contributed by atoms with van der Waals surface area (Å²) < 4.78 is 0. The molecule has 1 heterocycles. The van der Waals surface area contributed by atoms with E-state index in [2.05, 4.69) is 44.1 Å². The van der Waals surface area contributed by atoms with E-state index in [1.165, 1.54) is 32.7 Å². The minimum Gasteiger partial charge on any atom is -0.314 e. The zero-order valence-corrected chi connectivity index (χ0v) is 12.5. The van der Waals surface area contributed by atoms with Gasteiger partial charge in [0.1, 0.15) is 5.01 Å². The van der Waals surface area contributed by atoms with Gasteiger partial charge in [-0.2, -0.15) is 0 Å². The predicted molar refractivity (Wildman–Crippen MR) is 79.3 cm³/mol. The maximum absolute atomic E-state index is 4.48. The van der Waals surface area contributed by atoms with Crippen LogP contribution in [0.25, 0.3) is 10.4 Å². The number of benzene rings is 1. The van der Waals surface area contributed by atoms with Gasteiger partial charge in [-0.15, -0.1) is 11.3 Å². The highest BCUT2D eigenvalue weighted by molar-refractivity contribution is 7.15. The minimum atomic E-state index is 0.841. The van der Waals surface area contributed by atoms with Crippen molar-refractivity contribution >= 4 is 11.3 Å². The fourth-order valence-electron chi connectivity index (χ4n) is 2.25. The van der Waals surface area contributed by atoms with Gasteiger partial charge in [-0.3, -0.25) is 0 Å². The molecule has 2 nitrogen and oxygen atoms in total. The Kier molecular flexibility index (Phi) is 3.83. The number of nitrogens with one attached hydrogen (secondary N) is 1. The summed E-state index contributed by atoms with van der Waals surface area (Å²) in [5, 5.41) is 4.29. The Morgan fingerprint density at radius 3 is 2.28 bits per heavy atom. The second kappa shape index (κ2) is 5.21. The first kappa shape index (κ1) is 13.2. The van der Waals surface area contributed by atoms with Crippen molar-refractivity contribution in [1.29, 1.82) is 0 Å². The molecule has 0 spiro atoms. The van der Waals surface area contributed by atoms with Gasteiger partial charge >= 0.3 is 0 Å². The Morgan fingerprint density at radius 2 is 1.72 bits per heavy atom. The van der Waals surface area contributed by atoms with Crippen molar-refractivity contribution in [3.63, 3.8) is 0 Å². The van der Waals surface area contributed by atoms with Crippen LogP contribution in [0.5, 0.6) is 0 Å². The number of hydrogen-bond acceptors (Lipinski definition) is 3. The molecule has 0 bridgehead atoms. The smallest absolute Gasteiger partial charge is 0.107 e. The quantitative estimate of drug-likeness (QED) is 0.909. The third-order valence-electron chi connectivity index (χ3n) is 3.49. The van der Waals surface area contributed by atoms with Crippen molar-refractivity contribution in [3.05, 3.63) is 39.5 Å². The van der Waals surface area contributed by atoms with Crippen molar-refractivity contribution in [2.75, 3.05) is 7.05 Å². The maximum Gasteiger partial charge on any atom is 0.107 e. The van der Waals surface area contributed by atoms with E-state index in [9.17, 15) is 0 Å². The van der Waals surface area contributed by atoms with Gasteiger partial charge < -0.3 is 5.32 Å². The van der Waals surface area contributed by atoms with Gasteiger partial charge in [0, 0.05) is 12.7 Å². The monoisotopic (exact) mass is 260 g/mol. The van der Waals surface area contributed by atoms with Crippen molar-refractivity contribution in [2.24, 2.45) is 0 Å². The third-order valence-corrected chi connectivity index (χ3v) is 4.51. The van der Waals surface area contributed by atoms with Crippen LogP contribution in [0.1, 0.15) is 27.3 Å². The molecule has 0 radical (unpaired) electrons. The molecule has 0 fully saturated rings. The van der Waals surface area contributed by atoms with E-state index < -0.39 is 0 Å². The lowest BCUT2D eigenvalue weighted by Gasteiger charge is -2.13. The predicted octanol–water partition coefficient (Wildman–Crippen LogP) is 3.76. The van der Waals surface area contributed by atoms with E-state index in [4.69, 9.17) is 0 Å². The van der Waals surface area contributed by atoms with E-state index in [0.29, 0.717) is 0 Å². The average molecular weight is 260 g/mol. The molecular weight excluding hydrogens is 240 g/mol. The summed E-state index contributed by atoms with van der Waals surface area (Å²) in [7, 11) is 1.95. The summed E-state index contributed by atoms with van der Waals surface area (Å²) in [6.45, 7) is 9.61. The van der Waals surface area contributed by atoms with Crippen molar-refractivity contribution in [1.82, 2.24) is 10.3 Å². The molecule has 0 aliphatic heterocycles. The highest BCUT2D eigenvalue weighted by atomic mass is 32.1. The molecule has 0 unspecified atom stereocenters. The summed E-state index contributed by atoms with van der Waals surface area (Å²) >= 11 is 1.78. The first-order valence-corrected chi connectivity index (χ1v) is 7.03. The average Bonchev–Trinajstić information content (AvgIpc) is 2.76. The summed E-state index contributed by atoms with van der Waals surface area (Å²) in [6.07, 6.45) is 2.01. The van der Waals surface area contributed by atoms with Gasteiger partial charge in [-0.25, -0.2) is 4.98 Å². The molecule has 18 heavy (non-hydrogen) atoms. The zero-order chi connectivity index (χ0) is 13.3. The summed E-state index contributed by atoms with van der Waals surface area (Å²) in [4.78, 5) is 5.76. The zero-order valence-electron chi connectivity index (χ0n) is 11.7. The molecule has 0 aliphatic rings. The second-order valence-corrected chi connectivity index (χ2v) is 5.90. The Balaban J connectivity index is 2.55. The Labute approximate surface area is 113 Å². The maximum atomic E-state index is 4.48. The summed E-state index contributed by atoms with van der Waals surface area (Å²) in [5.41, 5.74) is 6.83. The molecule has 1 aromatic heterocycles. The molecule has 0 aliphatic carbocycles. The third kappa shape index (κ3) is 2.33. The van der Waals surface area contributed by atoms with Gasteiger partial charge in [-0.05, 0) is 62.6 Å². The van der Waals surface area contributed by atoms with Crippen LogP contribution < -0.4 is 5.32 Å². The van der Waals surface area contributed by atoms with Gasteiger partial charge in [0.15, 0.2) is 0 Å². The first-order valence-electron chi connectivity index (χ1n) is 6.21. The Bertz CT molecular complexity index is 544. The van der Waals surface area contributed by atoms with Gasteiger partial charge in [-0.1, -0.05) is 6.07 Å². The number of nitrogens with zero attached hydrogens (tertiary/aromatic N) is 1. The van der Waals surface area contributed by atoms with E-state index in [-0.39, 0.29) is 0 Å². The SMILES string of the molecule is CNCc1ncc(-c2c(C)c(C)cc(C)c2C)s1. The lowest BCUT2D eigenvalue weighted by molar-refractivity contribution is 0.810. The lowest BCUT2D eigenvalue weighted by Crippen LogP contribution is -2.03. The number of rotatable bonds is 3. The van der Waals surface area contributed by atoms with Crippen LogP contribution in [-0.2, 0) is 6.54 Å². The van der Waals surface area contributed by atoms with Crippen LogP contribution in [-0.4, -0.2) is 12.0 Å². The highest BCUT2D eigenvalue weighted by Gasteiger charge is 2.13. The van der Waals surface area contributed by atoms with Crippen molar-refractivity contribution in [3.8, 4) is 10.4 Å². The van der Waals surface area contributed by atoms with Crippen LogP contribution in [0.4, 0.5) is 0 Å². The van der Waals surface area contributed by atoms with Crippen molar-refractivity contribution < 1.29 is 0 Å². The molecule has 3 heteroatoms. The minimum absolute atomic E-state index is 0.841. The first-order chi connectivity index (χ1) is 8.54. The molecule has 96 valence electrons. The second-order valence-electron chi connectivity index (χ2n) is 4.78. The van der Waals surface area contributed by atoms with E-state index >= 15 is 0 Å². The molecule has 1 aromatic carbocycles. The molecule has 2 rings (SSSR count). The number of thiazole rings is 1. The molecule has 0 saturated heterocycles. The molecule has 1 N–H and O–H groups in total. The van der Waals surface area contributed by atoms with E-state index in [1.54, 1.807) is 11.3 Å². The fourth-order valence-corrected chi connectivity index (χ4v) is 3.33. The molecule has 0 saturated carbocycles. The molecule has 0 amide bonds. The summed E-state index contributed by atoms with van der Waals surface area (Å²) in [6, 6.07) is 2.27. The summed E-state index contributed by atoms with van der Waals surface area (Å²) in [5.74, 6) is 0. The highest BCUT2D eigenvalue weighted by Crippen LogP contribution is 2.34. The van der Waals surface area contributed by atoms with Crippen LogP contribution >= 0.6 is 11.3 Å². The van der Waals surface area contributed by atoms with Crippen LogP contribution in [0.2, 0.25) is 0 Å². The van der Waals surface area contributed by atoms with Gasteiger partial charge in [0.2, 0.25) is 0 Å². The Morgan fingerprint density at radius 1 is 1.11 bits per heavy atom. The topological polar surface area (TPSA) is 24.9 Å². The number of aromatic nitrogens is 1. The number of hydrogen-bond donors (Lipinski definition) is 1.